The number of rotatable bonds is 8. The maximum Gasteiger partial charge on any atom is 0.338 e. The van der Waals surface area contributed by atoms with Gasteiger partial charge in [0.2, 0.25) is 10.0 Å². The zero-order chi connectivity index (χ0) is 22.5. The van der Waals surface area contributed by atoms with Crippen molar-refractivity contribution in [2.45, 2.75) is 39.5 Å². The van der Waals surface area contributed by atoms with Crippen molar-refractivity contribution in [3.8, 4) is 0 Å². The van der Waals surface area contributed by atoms with Gasteiger partial charge < -0.3 is 10.1 Å². The number of hydrogen-bond acceptors (Lipinski definition) is 5. The van der Waals surface area contributed by atoms with Crippen LogP contribution in [0.5, 0.6) is 0 Å². The highest BCUT2D eigenvalue weighted by Gasteiger charge is 2.24. The van der Waals surface area contributed by atoms with E-state index in [4.69, 9.17) is 4.74 Å². The van der Waals surface area contributed by atoms with E-state index in [0.29, 0.717) is 29.9 Å². The van der Waals surface area contributed by atoms with Crippen molar-refractivity contribution in [1.29, 1.82) is 0 Å². The number of carbonyl (C=O) groups is 2. The monoisotopic (exact) mass is 432 g/mol. The summed E-state index contributed by atoms with van der Waals surface area (Å²) < 4.78 is 32.1. The molecule has 0 saturated carbocycles. The van der Waals surface area contributed by atoms with Crippen LogP contribution in [0.3, 0.4) is 0 Å². The number of hydrogen-bond donors (Lipinski definition) is 1. The highest BCUT2D eigenvalue weighted by atomic mass is 32.2. The van der Waals surface area contributed by atoms with Gasteiger partial charge in [-0.25, -0.2) is 13.2 Å². The molecule has 2 aromatic rings. The topological polar surface area (TPSA) is 92.8 Å². The maximum absolute atomic E-state index is 12.8. The molecule has 2 aromatic carbocycles. The molecule has 8 heteroatoms. The summed E-state index contributed by atoms with van der Waals surface area (Å²) in [5.41, 5.74) is 3.13. The van der Waals surface area contributed by atoms with Crippen LogP contribution in [0.4, 0.5) is 5.69 Å². The molecule has 0 unspecified atom stereocenters. The molecule has 0 bridgehead atoms. The number of nitrogens with one attached hydrogen (secondary N) is 1. The fourth-order valence-electron chi connectivity index (χ4n) is 3.16. The first-order chi connectivity index (χ1) is 14.1. The van der Waals surface area contributed by atoms with Crippen LogP contribution in [-0.4, -0.2) is 44.3 Å². The first-order valence-electron chi connectivity index (χ1n) is 9.74. The second-order valence-corrected chi connectivity index (χ2v) is 8.98. The Morgan fingerprint density at radius 1 is 0.967 bits per heavy atom. The second kappa shape index (κ2) is 9.86. The lowest BCUT2D eigenvalue weighted by Crippen LogP contribution is -2.31. The van der Waals surface area contributed by atoms with Crippen molar-refractivity contribution in [3.05, 3.63) is 58.7 Å². The Hall–Kier alpha value is -2.71. The standard InChI is InChI=1S/C22H28N2O5S/c1-6-24(7-2)30(27,28)20-13-19(9-8-17(20)5)23-21(25)14-29-22(26)18-11-15(3)10-16(4)12-18/h8-13H,6-7,14H2,1-5H3,(H,23,25). The van der Waals surface area contributed by atoms with Gasteiger partial charge in [0.15, 0.2) is 6.61 Å². The van der Waals surface area contributed by atoms with Gasteiger partial charge in [-0.3, -0.25) is 4.79 Å². The first-order valence-corrected chi connectivity index (χ1v) is 11.2. The Morgan fingerprint density at radius 2 is 1.57 bits per heavy atom. The van der Waals surface area contributed by atoms with Crippen LogP contribution in [0.1, 0.15) is 40.9 Å². The van der Waals surface area contributed by atoms with Gasteiger partial charge in [0.1, 0.15) is 0 Å². The van der Waals surface area contributed by atoms with Gasteiger partial charge in [-0.1, -0.05) is 37.1 Å². The minimum atomic E-state index is -3.66. The quantitative estimate of drug-likeness (QED) is 0.645. The molecule has 1 N–H and O–H groups in total. The lowest BCUT2D eigenvalue weighted by atomic mass is 10.1. The van der Waals surface area contributed by atoms with Crippen LogP contribution in [0.25, 0.3) is 0 Å². The molecule has 7 nitrogen and oxygen atoms in total. The molecule has 30 heavy (non-hydrogen) atoms. The number of sulfonamides is 1. The number of anilines is 1. The van der Waals surface area contributed by atoms with Crippen molar-refractivity contribution in [1.82, 2.24) is 4.31 Å². The van der Waals surface area contributed by atoms with Gasteiger partial charge in [0, 0.05) is 18.8 Å². The van der Waals surface area contributed by atoms with E-state index in [1.165, 1.54) is 10.4 Å². The van der Waals surface area contributed by atoms with E-state index in [9.17, 15) is 18.0 Å². The number of carbonyl (C=O) groups excluding carboxylic acids is 2. The number of esters is 1. The largest absolute Gasteiger partial charge is 0.452 e. The highest BCUT2D eigenvalue weighted by molar-refractivity contribution is 7.89. The third kappa shape index (κ3) is 5.67. The van der Waals surface area contributed by atoms with Gasteiger partial charge in [-0.2, -0.15) is 4.31 Å². The van der Waals surface area contributed by atoms with Crippen LogP contribution in [0, 0.1) is 20.8 Å². The molecule has 0 atom stereocenters. The maximum atomic E-state index is 12.8. The van der Waals surface area contributed by atoms with Gasteiger partial charge in [0.05, 0.1) is 10.5 Å². The van der Waals surface area contributed by atoms with Crippen molar-refractivity contribution in [2.24, 2.45) is 0 Å². The summed E-state index contributed by atoms with van der Waals surface area (Å²) in [5.74, 6) is -1.14. The lowest BCUT2D eigenvalue weighted by molar-refractivity contribution is -0.119. The summed E-state index contributed by atoms with van der Waals surface area (Å²) in [6.07, 6.45) is 0. The SMILES string of the molecule is CCN(CC)S(=O)(=O)c1cc(NC(=O)COC(=O)c2cc(C)cc(C)c2)ccc1C. The Kier molecular flexibility index (Phi) is 7.75. The third-order valence-corrected chi connectivity index (χ3v) is 6.78. The van der Waals surface area contributed by atoms with Crippen LogP contribution in [0.2, 0.25) is 0 Å². The summed E-state index contributed by atoms with van der Waals surface area (Å²) >= 11 is 0. The summed E-state index contributed by atoms with van der Waals surface area (Å²) in [6.45, 7) is 9.21. The fourth-order valence-corrected chi connectivity index (χ4v) is 4.87. The van der Waals surface area contributed by atoms with E-state index >= 15 is 0 Å². The molecule has 162 valence electrons. The molecular formula is C22H28N2O5S. The number of nitrogens with zero attached hydrogens (tertiary/aromatic N) is 1. The molecule has 0 aliphatic heterocycles. The second-order valence-electron chi connectivity index (χ2n) is 7.07. The molecule has 2 rings (SSSR count). The molecule has 0 aliphatic rings. The van der Waals surface area contributed by atoms with E-state index in [1.807, 2.05) is 19.9 Å². The lowest BCUT2D eigenvalue weighted by Gasteiger charge is -2.20. The van der Waals surface area contributed by atoms with E-state index < -0.39 is 28.5 Å². The molecule has 0 spiro atoms. The van der Waals surface area contributed by atoms with Crippen molar-refractivity contribution >= 4 is 27.6 Å². The smallest absolute Gasteiger partial charge is 0.338 e. The van der Waals surface area contributed by atoms with Gasteiger partial charge >= 0.3 is 5.97 Å². The molecular weight excluding hydrogens is 404 g/mol. The number of aryl methyl sites for hydroxylation is 3. The molecule has 1 amide bonds. The van der Waals surface area contributed by atoms with Crippen molar-refractivity contribution < 1.29 is 22.7 Å². The summed E-state index contributed by atoms with van der Waals surface area (Å²) in [5, 5.41) is 2.59. The minimum absolute atomic E-state index is 0.135. The Bertz CT molecular complexity index is 1020. The average Bonchev–Trinajstić information content (AvgIpc) is 2.67. The molecule has 0 aliphatic carbocycles. The first kappa shape index (κ1) is 23.6. The summed E-state index contributed by atoms with van der Waals surface area (Å²) in [6, 6.07) is 9.99. The van der Waals surface area contributed by atoms with Gasteiger partial charge in [-0.05, 0) is 50.6 Å². The van der Waals surface area contributed by atoms with Crippen LogP contribution in [-0.2, 0) is 19.6 Å². The summed E-state index contributed by atoms with van der Waals surface area (Å²) in [7, 11) is -3.66. The molecule has 0 saturated heterocycles. The summed E-state index contributed by atoms with van der Waals surface area (Å²) in [4.78, 5) is 24.6. The molecule has 0 aromatic heterocycles. The highest BCUT2D eigenvalue weighted by Crippen LogP contribution is 2.23. The van der Waals surface area contributed by atoms with E-state index in [1.54, 1.807) is 45.0 Å². The third-order valence-electron chi connectivity index (χ3n) is 4.59. The number of amides is 1. The minimum Gasteiger partial charge on any atom is -0.452 e. The van der Waals surface area contributed by atoms with Gasteiger partial charge in [0.25, 0.3) is 5.91 Å². The zero-order valence-corrected chi connectivity index (χ0v) is 18.8. The van der Waals surface area contributed by atoms with Crippen molar-refractivity contribution in [2.75, 3.05) is 25.0 Å². The van der Waals surface area contributed by atoms with Crippen molar-refractivity contribution in [3.63, 3.8) is 0 Å². The predicted molar refractivity (Wildman–Crippen MR) is 116 cm³/mol. The Morgan fingerprint density at radius 3 is 2.13 bits per heavy atom. The van der Waals surface area contributed by atoms with E-state index in [-0.39, 0.29) is 4.90 Å². The Balaban J connectivity index is 2.09. The normalized spacial score (nSPS) is 11.4. The molecule has 0 fully saturated rings. The Labute approximate surface area is 178 Å². The number of benzene rings is 2. The molecule has 0 heterocycles. The predicted octanol–water partition coefficient (Wildman–Crippen LogP) is 3.44. The fraction of sp³-hybridized carbons (Fsp3) is 0.364. The molecule has 0 radical (unpaired) electrons. The van der Waals surface area contributed by atoms with E-state index in [0.717, 1.165) is 11.1 Å². The van der Waals surface area contributed by atoms with E-state index in [2.05, 4.69) is 5.32 Å². The van der Waals surface area contributed by atoms with Crippen LogP contribution >= 0.6 is 0 Å². The number of ether oxygens (including phenoxy) is 1. The van der Waals surface area contributed by atoms with Crippen LogP contribution < -0.4 is 5.32 Å². The average molecular weight is 433 g/mol. The zero-order valence-electron chi connectivity index (χ0n) is 18.0. The van der Waals surface area contributed by atoms with Gasteiger partial charge in [-0.15, -0.1) is 0 Å². The van der Waals surface area contributed by atoms with Crippen LogP contribution in [0.15, 0.2) is 41.3 Å².